The van der Waals surface area contributed by atoms with E-state index in [1.165, 1.54) is 109 Å². The van der Waals surface area contributed by atoms with Gasteiger partial charge in [-0.2, -0.15) is 0 Å². The average molecular weight is 429 g/mol. The van der Waals surface area contributed by atoms with E-state index in [4.69, 9.17) is 10.8 Å². The standard InChI is InChI=1S/C22H44O2.C3H8N2O/c1-2-3-4-5-6-7-8-9-10-11-12-13-14-15-16-17-18-19-20-21-22(23)24;1-2-3(4)5-6/h2-21H2,1H3,(H,23,24);3H,2,4H2,1H3. The molecule has 1 unspecified atom stereocenters. The van der Waals surface area contributed by atoms with Gasteiger partial charge in [-0.05, 0) is 12.8 Å². The van der Waals surface area contributed by atoms with E-state index in [2.05, 4.69) is 12.1 Å². The molecule has 5 heteroatoms. The van der Waals surface area contributed by atoms with Crippen LogP contribution in [-0.4, -0.2) is 17.2 Å². The first-order valence-corrected chi connectivity index (χ1v) is 12.9. The average Bonchev–Trinajstić information content (AvgIpc) is 2.75. The van der Waals surface area contributed by atoms with Gasteiger partial charge in [0.2, 0.25) is 0 Å². The molecule has 0 amide bonds. The maximum absolute atomic E-state index is 10.4. The van der Waals surface area contributed by atoms with Crippen molar-refractivity contribution in [2.75, 3.05) is 0 Å². The van der Waals surface area contributed by atoms with E-state index in [1.54, 1.807) is 0 Å². The van der Waals surface area contributed by atoms with Crippen molar-refractivity contribution in [3.63, 3.8) is 0 Å². The molecule has 0 saturated carbocycles. The van der Waals surface area contributed by atoms with Crippen LogP contribution in [0.15, 0.2) is 5.18 Å². The molecular formula is C25H52N2O3. The summed E-state index contributed by atoms with van der Waals surface area (Å²) in [6, 6.07) is 0. The first kappa shape index (κ1) is 31.2. The molecule has 180 valence electrons. The van der Waals surface area contributed by atoms with Crippen molar-refractivity contribution in [2.24, 2.45) is 10.9 Å². The lowest BCUT2D eigenvalue weighted by Crippen LogP contribution is -2.13. The van der Waals surface area contributed by atoms with E-state index >= 15 is 0 Å². The molecule has 3 N–H and O–H groups in total. The molecule has 0 aliphatic carbocycles. The van der Waals surface area contributed by atoms with Crippen LogP contribution in [0.3, 0.4) is 0 Å². The van der Waals surface area contributed by atoms with Gasteiger partial charge in [0.25, 0.3) is 0 Å². The zero-order valence-electron chi connectivity index (χ0n) is 20.2. The highest BCUT2D eigenvalue weighted by molar-refractivity contribution is 5.66. The number of carbonyl (C=O) groups is 1. The molecule has 0 heterocycles. The Hall–Kier alpha value is -0.970. The van der Waals surface area contributed by atoms with Crippen molar-refractivity contribution in [3.05, 3.63) is 4.91 Å². The number of carboxylic acid groups (broad SMARTS) is 1. The van der Waals surface area contributed by atoms with Gasteiger partial charge in [0, 0.05) is 6.42 Å². The van der Waals surface area contributed by atoms with Crippen LogP contribution in [0, 0.1) is 4.91 Å². The molecule has 5 nitrogen and oxygen atoms in total. The van der Waals surface area contributed by atoms with Crippen LogP contribution in [-0.2, 0) is 4.79 Å². The summed E-state index contributed by atoms with van der Waals surface area (Å²) >= 11 is 0. The summed E-state index contributed by atoms with van der Waals surface area (Å²) in [5.41, 5.74) is 4.99. The number of unbranched alkanes of at least 4 members (excludes halogenated alkanes) is 18. The van der Waals surface area contributed by atoms with E-state index in [0.29, 0.717) is 12.8 Å². The first-order valence-electron chi connectivity index (χ1n) is 12.9. The van der Waals surface area contributed by atoms with Crippen LogP contribution in [0.2, 0.25) is 0 Å². The van der Waals surface area contributed by atoms with E-state index in [0.717, 1.165) is 12.8 Å². The quantitative estimate of drug-likeness (QED) is 0.134. The van der Waals surface area contributed by atoms with Crippen molar-refractivity contribution >= 4 is 5.97 Å². The number of rotatable bonds is 22. The molecule has 0 bridgehead atoms. The number of nitrogens with zero attached hydrogens (tertiary/aromatic N) is 1. The molecule has 0 aromatic carbocycles. The van der Waals surface area contributed by atoms with Gasteiger partial charge in [0.05, 0.1) is 0 Å². The molecule has 0 aromatic heterocycles. The van der Waals surface area contributed by atoms with Crippen molar-refractivity contribution in [2.45, 2.75) is 155 Å². The molecule has 0 spiro atoms. The maximum atomic E-state index is 10.4. The Labute approximate surface area is 186 Å². The molecule has 0 aromatic rings. The Morgan fingerprint density at radius 2 is 0.967 bits per heavy atom. The van der Waals surface area contributed by atoms with Crippen LogP contribution in [0.25, 0.3) is 0 Å². The highest BCUT2D eigenvalue weighted by Crippen LogP contribution is 2.14. The molecule has 30 heavy (non-hydrogen) atoms. The summed E-state index contributed by atoms with van der Waals surface area (Å²) in [5, 5.41) is 11.1. The Morgan fingerprint density at radius 3 is 1.17 bits per heavy atom. The van der Waals surface area contributed by atoms with Gasteiger partial charge in [0.1, 0.15) is 6.17 Å². The first-order chi connectivity index (χ1) is 14.6. The maximum Gasteiger partial charge on any atom is 0.303 e. The summed E-state index contributed by atoms with van der Waals surface area (Å²) in [6.45, 7) is 4.09. The third kappa shape index (κ3) is 31.7. The summed E-state index contributed by atoms with van der Waals surface area (Å²) in [6.07, 6.45) is 26.2. The number of nitroso groups, excluding NO2 is 1. The molecular weight excluding hydrogens is 376 g/mol. The minimum atomic E-state index is -0.651. The topological polar surface area (TPSA) is 92.8 Å². The molecule has 0 rings (SSSR count). The minimum absolute atomic E-state index is 0.346. The molecule has 1 atom stereocenters. The highest BCUT2D eigenvalue weighted by Gasteiger charge is 1.97. The summed E-state index contributed by atoms with van der Waals surface area (Å²) < 4.78 is 0. The molecule has 0 radical (unpaired) electrons. The van der Waals surface area contributed by atoms with E-state index in [-0.39, 0.29) is 0 Å². The largest absolute Gasteiger partial charge is 0.481 e. The number of hydrogen-bond donors (Lipinski definition) is 2. The Morgan fingerprint density at radius 1 is 0.667 bits per heavy atom. The highest BCUT2D eigenvalue weighted by atomic mass is 16.4. The van der Waals surface area contributed by atoms with Crippen LogP contribution in [0.1, 0.15) is 149 Å². The monoisotopic (exact) mass is 428 g/mol. The van der Waals surface area contributed by atoms with Gasteiger partial charge >= 0.3 is 5.97 Å². The van der Waals surface area contributed by atoms with Crippen molar-refractivity contribution < 1.29 is 9.90 Å². The predicted octanol–water partition coefficient (Wildman–Crippen LogP) is 8.34. The third-order valence-electron chi connectivity index (χ3n) is 5.55. The summed E-state index contributed by atoms with van der Waals surface area (Å²) in [5.74, 6) is -0.651. The zero-order valence-corrected chi connectivity index (χ0v) is 20.2. The summed E-state index contributed by atoms with van der Waals surface area (Å²) in [7, 11) is 0. The SMILES string of the molecule is CCC(N)N=O.CCCCCCCCCCCCCCCCCCCCCC(=O)O. The van der Waals surface area contributed by atoms with E-state index in [9.17, 15) is 9.70 Å². The number of carboxylic acids is 1. The van der Waals surface area contributed by atoms with Gasteiger partial charge in [-0.1, -0.05) is 135 Å². The van der Waals surface area contributed by atoms with Crippen molar-refractivity contribution in [1.29, 1.82) is 0 Å². The zero-order chi connectivity index (χ0) is 22.7. The lowest BCUT2D eigenvalue weighted by molar-refractivity contribution is -0.137. The second kappa shape index (κ2) is 28.0. The fraction of sp³-hybridized carbons (Fsp3) is 0.960. The smallest absolute Gasteiger partial charge is 0.303 e. The van der Waals surface area contributed by atoms with Crippen molar-refractivity contribution in [1.82, 2.24) is 0 Å². The van der Waals surface area contributed by atoms with Gasteiger partial charge in [-0.25, -0.2) is 0 Å². The molecule has 0 aliphatic heterocycles. The van der Waals surface area contributed by atoms with E-state index < -0.39 is 12.1 Å². The molecule has 0 aliphatic rings. The van der Waals surface area contributed by atoms with Crippen LogP contribution < -0.4 is 5.73 Å². The van der Waals surface area contributed by atoms with Gasteiger partial charge in [0.15, 0.2) is 0 Å². The summed E-state index contributed by atoms with van der Waals surface area (Å²) in [4.78, 5) is 19.7. The predicted molar refractivity (Wildman–Crippen MR) is 130 cm³/mol. The van der Waals surface area contributed by atoms with E-state index in [1.807, 2.05) is 6.92 Å². The lowest BCUT2D eigenvalue weighted by Gasteiger charge is -2.03. The van der Waals surface area contributed by atoms with Crippen molar-refractivity contribution in [3.8, 4) is 0 Å². The van der Waals surface area contributed by atoms with Crippen LogP contribution >= 0.6 is 0 Å². The second-order valence-electron chi connectivity index (χ2n) is 8.59. The van der Waals surface area contributed by atoms with Gasteiger partial charge in [-0.15, -0.1) is 4.91 Å². The Bertz CT molecular complexity index is 351. The lowest BCUT2D eigenvalue weighted by atomic mass is 10.0. The minimum Gasteiger partial charge on any atom is -0.481 e. The van der Waals surface area contributed by atoms with Crippen LogP contribution in [0.4, 0.5) is 0 Å². The number of aliphatic carboxylic acids is 1. The van der Waals surface area contributed by atoms with Gasteiger partial charge < -0.3 is 10.8 Å². The van der Waals surface area contributed by atoms with Crippen LogP contribution in [0.5, 0.6) is 0 Å². The third-order valence-corrected chi connectivity index (χ3v) is 5.55. The number of nitrogens with two attached hydrogens (primary N) is 1. The Kier molecular flexibility index (Phi) is 29.2. The number of hydrogen-bond acceptors (Lipinski definition) is 4. The second-order valence-corrected chi connectivity index (χ2v) is 8.59. The fourth-order valence-electron chi connectivity index (χ4n) is 3.43. The molecule has 0 saturated heterocycles. The molecule has 0 fully saturated rings. The Balaban J connectivity index is 0. The normalized spacial score (nSPS) is 11.6. The fourth-order valence-corrected chi connectivity index (χ4v) is 3.43. The van der Waals surface area contributed by atoms with Gasteiger partial charge in [-0.3, -0.25) is 4.79 Å².